The topological polar surface area (TPSA) is 105 Å². The minimum absolute atomic E-state index is 0.183. The molecular formula is C31H46N4O3. The smallest absolute Gasteiger partial charge is 0.242 e. The summed E-state index contributed by atoms with van der Waals surface area (Å²) in [6.07, 6.45) is 8.23. The van der Waals surface area contributed by atoms with Gasteiger partial charge in [0.1, 0.15) is 18.4 Å². The maximum atomic E-state index is 13.1. The van der Waals surface area contributed by atoms with Crippen molar-refractivity contribution in [3.8, 4) is 5.75 Å². The summed E-state index contributed by atoms with van der Waals surface area (Å²) >= 11 is 0. The number of carbonyl (C=O) groups excluding carboxylic acids is 2. The fourth-order valence-corrected chi connectivity index (χ4v) is 4.84. The van der Waals surface area contributed by atoms with Gasteiger partial charge in [-0.25, -0.2) is 0 Å². The van der Waals surface area contributed by atoms with E-state index in [1.54, 1.807) is 0 Å². The number of rotatable bonds is 15. The molecule has 1 aliphatic carbocycles. The third kappa shape index (κ3) is 10.8. The van der Waals surface area contributed by atoms with E-state index in [0.717, 1.165) is 29.8 Å². The predicted molar refractivity (Wildman–Crippen MR) is 153 cm³/mol. The van der Waals surface area contributed by atoms with E-state index >= 15 is 0 Å². The molecule has 208 valence electrons. The number of carbonyl (C=O) groups is 2. The fraction of sp³-hybridized carbons (Fsp3) is 0.548. The number of nitrogens with two attached hydrogens (primary N) is 1. The Bertz CT molecular complexity index is 959. The minimum atomic E-state index is -0.692. The molecule has 7 nitrogen and oxygen atoms in total. The fourth-order valence-electron chi connectivity index (χ4n) is 4.84. The Balaban J connectivity index is 1.52. The second-order valence-corrected chi connectivity index (χ2v) is 10.9. The van der Waals surface area contributed by atoms with Gasteiger partial charge in [0, 0.05) is 19.0 Å². The van der Waals surface area contributed by atoms with Gasteiger partial charge in [-0.3, -0.25) is 9.59 Å². The van der Waals surface area contributed by atoms with Crippen molar-refractivity contribution in [1.82, 2.24) is 16.0 Å². The molecular weight excluding hydrogens is 476 g/mol. The van der Waals surface area contributed by atoms with E-state index in [-0.39, 0.29) is 11.8 Å². The van der Waals surface area contributed by atoms with Crippen LogP contribution in [-0.2, 0) is 22.6 Å². The maximum Gasteiger partial charge on any atom is 0.242 e. The lowest BCUT2D eigenvalue weighted by Crippen LogP contribution is -2.53. The van der Waals surface area contributed by atoms with Gasteiger partial charge >= 0.3 is 0 Å². The SMILES string of the molecule is CC(C)CC(N)C(=O)NC(Cc1ccc(OCc2ccccc2)cc1)C(=O)NCCCNC1CCCCC1. The van der Waals surface area contributed by atoms with Gasteiger partial charge in [-0.15, -0.1) is 0 Å². The molecule has 2 amide bonds. The zero-order chi connectivity index (χ0) is 27.2. The molecule has 7 heteroatoms. The summed E-state index contributed by atoms with van der Waals surface area (Å²) in [6.45, 7) is 5.99. The van der Waals surface area contributed by atoms with Crippen molar-refractivity contribution in [3.05, 3.63) is 65.7 Å². The summed E-state index contributed by atoms with van der Waals surface area (Å²) in [4.78, 5) is 25.9. The maximum absolute atomic E-state index is 13.1. The Kier molecular flexibility index (Phi) is 12.6. The summed E-state index contributed by atoms with van der Waals surface area (Å²) in [6, 6.07) is 17.0. The van der Waals surface area contributed by atoms with E-state index in [4.69, 9.17) is 10.5 Å². The van der Waals surface area contributed by atoms with E-state index in [1.165, 1.54) is 32.1 Å². The van der Waals surface area contributed by atoms with E-state index in [9.17, 15) is 9.59 Å². The zero-order valence-corrected chi connectivity index (χ0v) is 23.1. The average Bonchev–Trinajstić information content (AvgIpc) is 2.92. The van der Waals surface area contributed by atoms with Crippen molar-refractivity contribution in [3.63, 3.8) is 0 Å². The number of benzene rings is 2. The van der Waals surface area contributed by atoms with Crippen LogP contribution in [0.15, 0.2) is 54.6 Å². The lowest BCUT2D eigenvalue weighted by molar-refractivity contribution is -0.129. The average molecular weight is 523 g/mol. The molecule has 0 heterocycles. The zero-order valence-electron chi connectivity index (χ0n) is 23.1. The van der Waals surface area contributed by atoms with Gasteiger partial charge in [0.2, 0.25) is 11.8 Å². The van der Waals surface area contributed by atoms with Crippen molar-refractivity contribution in [2.75, 3.05) is 13.1 Å². The molecule has 0 spiro atoms. The van der Waals surface area contributed by atoms with Crippen molar-refractivity contribution in [2.24, 2.45) is 11.7 Å². The molecule has 0 radical (unpaired) electrons. The quantitative estimate of drug-likeness (QED) is 0.264. The molecule has 5 N–H and O–H groups in total. The van der Waals surface area contributed by atoms with Gasteiger partial charge in [0.15, 0.2) is 0 Å². The number of nitrogens with one attached hydrogen (secondary N) is 3. The number of ether oxygens (including phenoxy) is 1. The van der Waals surface area contributed by atoms with Crippen LogP contribution in [0, 0.1) is 5.92 Å². The molecule has 2 aromatic rings. The molecule has 1 fully saturated rings. The van der Waals surface area contributed by atoms with E-state index in [0.29, 0.717) is 38.0 Å². The Hall–Kier alpha value is -2.90. The highest BCUT2D eigenvalue weighted by Crippen LogP contribution is 2.17. The molecule has 1 aliphatic rings. The van der Waals surface area contributed by atoms with E-state index in [2.05, 4.69) is 16.0 Å². The molecule has 2 unspecified atom stereocenters. The van der Waals surface area contributed by atoms with Gasteiger partial charge in [-0.1, -0.05) is 75.6 Å². The van der Waals surface area contributed by atoms with E-state index in [1.807, 2.05) is 68.4 Å². The molecule has 2 atom stereocenters. The first kappa shape index (κ1) is 29.7. The predicted octanol–water partition coefficient (Wildman–Crippen LogP) is 4.09. The van der Waals surface area contributed by atoms with Crippen molar-refractivity contribution < 1.29 is 14.3 Å². The van der Waals surface area contributed by atoms with Gasteiger partial charge < -0.3 is 26.4 Å². The van der Waals surface area contributed by atoms with Crippen LogP contribution in [-0.4, -0.2) is 43.0 Å². The monoisotopic (exact) mass is 522 g/mol. The molecule has 0 aliphatic heterocycles. The van der Waals surface area contributed by atoms with Crippen LogP contribution in [0.3, 0.4) is 0 Å². The highest BCUT2D eigenvalue weighted by molar-refractivity contribution is 5.89. The number of amides is 2. The van der Waals surface area contributed by atoms with Crippen LogP contribution < -0.4 is 26.4 Å². The van der Waals surface area contributed by atoms with Crippen LogP contribution >= 0.6 is 0 Å². The first-order valence-corrected chi connectivity index (χ1v) is 14.2. The summed E-state index contributed by atoms with van der Waals surface area (Å²) in [5.74, 6) is 0.577. The minimum Gasteiger partial charge on any atom is -0.489 e. The van der Waals surface area contributed by atoms with Crippen LogP contribution in [0.2, 0.25) is 0 Å². The molecule has 2 aromatic carbocycles. The molecule has 0 bridgehead atoms. The van der Waals surface area contributed by atoms with Gasteiger partial charge in [0.05, 0.1) is 6.04 Å². The summed E-state index contributed by atoms with van der Waals surface area (Å²) in [7, 11) is 0. The van der Waals surface area contributed by atoms with Crippen molar-refractivity contribution in [1.29, 1.82) is 0 Å². The third-order valence-electron chi connectivity index (χ3n) is 7.00. The highest BCUT2D eigenvalue weighted by Gasteiger charge is 2.24. The van der Waals surface area contributed by atoms with Gasteiger partial charge in [-0.2, -0.15) is 0 Å². The molecule has 38 heavy (non-hydrogen) atoms. The normalized spacial score (nSPS) is 15.6. The molecule has 0 aromatic heterocycles. The Morgan fingerprint density at radius 1 is 0.921 bits per heavy atom. The van der Waals surface area contributed by atoms with Crippen LogP contribution in [0.1, 0.15) is 69.9 Å². The first-order chi connectivity index (χ1) is 18.4. The summed E-state index contributed by atoms with van der Waals surface area (Å²) < 4.78 is 5.88. The number of hydrogen-bond acceptors (Lipinski definition) is 5. The lowest BCUT2D eigenvalue weighted by atomic mass is 9.95. The lowest BCUT2D eigenvalue weighted by Gasteiger charge is -2.23. The van der Waals surface area contributed by atoms with E-state index < -0.39 is 12.1 Å². The Labute approximate surface area is 228 Å². The standard InChI is InChI=1S/C31H46N4O3/c1-23(2)20-28(32)30(36)35-29(31(37)34-19-9-18-33-26-12-7-4-8-13-26)21-24-14-16-27(17-15-24)38-22-25-10-5-3-6-11-25/h3,5-6,10-11,14-17,23,26,28-29,33H,4,7-9,12-13,18-22,32H2,1-2H3,(H,34,37)(H,35,36). The second kappa shape index (κ2) is 16.1. The van der Waals surface area contributed by atoms with Crippen LogP contribution in [0.25, 0.3) is 0 Å². The number of hydrogen-bond donors (Lipinski definition) is 4. The van der Waals surface area contributed by atoms with Crippen molar-refractivity contribution >= 4 is 11.8 Å². The Morgan fingerprint density at radius 3 is 2.32 bits per heavy atom. The molecule has 1 saturated carbocycles. The van der Waals surface area contributed by atoms with Gasteiger partial charge in [0.25, 0.3) is 0 Å². The highest BCUT2D eigenvalue weighted by atomic mass is 16.5. The van der Waals surface area contributed by atoms with Crippen LogP contribution in [0.5, 0.6) is 5.75 Å². The summed E-state index contributed by atoms with van der Waals surface area (Å²) in [5, 5.41) is 9.52. The largest absolute Gasteiger partial charge is 0.489 e. The summed E-state index contributed by atoms with van der Waals surface area (Å²) in [5.41, 5.74) is 8.14. The third-order valence-corrected chi connectivity index (χ3v) is 7.00. The first-order valence-electron chi connectivity index (χ1n) is 14.2. The molecule has 0 saturated heterocycles. The Morgan fingerprint density at radius 2 is 1.63 bits per heavy atom. The van der Waals surface area contributed by atoms with Gasteiger partial charge in [-0.05, 0) is 61.4 Å². The van der Waals surface area contributed by atoms with Crippen molar-refractivity contribution in [2.45, 2.75) is 89.9 Å². The molecule has 3 rings (SSSR count). The van der Waals surface area contributed by atoms with Crippen LogP contribution in [0.4, 0.5) is 0 Å². The second-order valence-electron chi connectivity index (χ2n) is 10.9.